The van der Waals surface area contributed by atoms with Crippen molar-refractivity contribution in [2.24, 2.45) is 5.92 Å². The van der Waals surface area contributed by atoms with Crippen LogP contribution in [0.5, 0.6) is 0 Å². The number of nitrogens with one attached hydrogen (secondary N) is 1. The first-order valence-corrected chi connectivity index (χ1v) is 7.47. The lowest BCUT2D eigenvalue weighted by atomic mass is 10.0. The molecule has 3 nitrogen and oxygen atoms in total. The number of ether oxygens (including phenoxy) is 1. The van der Waals surface area contributed by atoms with Gasteiger partial charge in [0.1, 0.15) is 0 Å². The van der Waals surface area contributed by atoms with Gasteiger partial charge in [-0.15, -0.1) is 0 Å². The first-order valence-electron chi connectivity index (χ1n) is 7.47. The zero-order chi connectivity index (χ0) is 11.7. The summed E-state index contributed by atoms with van der Waals surface area (Å²) in [7, 11) is 0. The highest BCUT2D eigenvalue weighted by Crippen LogP contribution is 2.40. The van der Waals surface area contributed by atoms with Gasteiger partial charge in [-0.3, -0.25) is 4.90 Å². The molecule has 0 amide bonds. The number of hydrogen-bond acceptors (Lipinski definition) is 3. The van der Waals surface area contributed by atoms with Crippen molar-refractivity contribution in [1.29, 1.82) is 0 Å². The molecule has 0 spiro atoms. The summed E-state index contributed by atoms with van der Waals surface area (Å²) in [5.74, 6) is 0.891. The Morgan fingerprint density at radius 3 is 2.94 bits per heavy atom. The van der Waals surface area contributed by atoms with E-state index in [0.717, 1.165) is 18.6 Å². The second-order valence-corrected chi connectivity index (χ2v) is 5.96. The van der Waals surface area contributed by atoms with Crippen LogP contribution in [0.4, 0.5) is 0 Å². The van der Waals surface area contributed by atoms with Crippen LogP contribution in [-0.4, -0.2) is 49.3 Å². The SMILES string of the molecule is CCCC1CN(C2CCOC2C2CC2)CCN1. The van der Waals surface area contributed by atoms with Gasteiger partial charge in [-0.1, -0.05) is 13.3 Å². The molecule has 2 saturated heterocycles. The van der Waals surface area contributed by atoms with E-state index >= 15 is 0 Å². The van der Waals surface area contributed by atoms with Crippen molar-refractivity contribution < 1.29 is 4.74 Å². The highest BCUT2D eigenvalue weighted by atomic mass is 16.5. The van der Waals surface area contributed by atoms with Crippen molar-refractivity contribution in [3.05, 3.63) is 0 Å². The summed E-state index contributed by atoms with van der Waals surface area (Å²) in [5.41, 5.74) is 0. The van der Waals surface area contributed by atoms with Crippen LogP contribution in [0.3, 0.4) is 0 Å². The van der Waals surface area contributed by atoms with Crippen molar-refractivity contribution in [2.75, 3.05) is 26.2 Å². The molecule has 0 aromatic heterocycles. The monoisotopic (exact) mass is 238 g/mol. The number of rotatable bonds is 4. The van der Waals surface area contributed by atoms with Crippen LogP contribution in [0.2, 0.25) is 0 Å². The van der Waals surface area contributed by atoms with Gasteiger partial charge in [0.15, 0.2) is 0 Å². The molecule has 0 bridgehead atoms. The molecule has 3 rings (SSSR count). The predicted molar refractivity (Wildman–Crippen MR) is 69.1 cm³/mol. The molecule has 1 N–H and O–H groups in total. The molecule has 1 aliphatic carbocycles. The van der Waals surface area contributed by atoms with E-state index in [4.69, 9.17) is 4.74 Å². The highest BCUT2D eigenvalue weighted by Gasteiger charge is 2.43. The third-order valence-electron chi connectivity index (χ3n) is 4.58. The molecule has 3 aliphatic rings. The minimum atomic E-state index is 0.565. The summed E-state index contributed by atoms with van der Waals surface area (Å²) in [5, 5.41) is 3.65. The number of nitrogens with zero attached hydrogens (tertiary/aromatic N) is 1. The molecule has 98 valence electrons. The third-order valence-corrected chi connectivity index (χ3v) is 4.58. The van der Waals surface area contributed by atoms with E-state index in [0.29, 0.717) is 12.1 Å². The van der Waals surface area contributed by atoms with Gasteiger partial charge < -0.3 is 10.1 Å². The maximum absolute atomic E-state index is 5.98. The molecule has 1 saturated carbocycles. The lowest BCUT2D eigenvalue weighted by molar-refractivity contribution is 0.0348. The normalized spacial score (nSPS) is 39.7. The average molecular weight is 238 g/mol. The van der Waals surface area contributed by atoms with Gasteiger partial charge in [-0.2, -0.15) is 0 Å². The lowest BCUT2D eigenvalue weighted by Crippen LogP contribution is -2.55. The van der Waals surface area contributed by atoms with Crippen LogP contribution >= 0.6 is 0 Å². The van der Waals surface area contributed by atoms with E-state index in [1.807, 2.05) is 0 Å². The van der Waals surface area contributed by atoms with Crippen LogP contribution in [0.25, 0.3) is 0 Å². The second kappa shape index (κ2) is 5.25. The van der Waals surface area contributed by atoms with Gasteiger partial charge in [0.25, 0.3) is 0 Å². The topological polar surface area (TPSA) is 24.5 Å². The van der Waals surface area contributed by atoms with E-state index in [1.165, 1.54) is 51.7 Å². The highest BCUT2D eigenvalue weighted by molar-refractivity contribution is 4.96. The Balaban J connectivity index is 1.58. The number of piperazine rings is 1. The standard InChI is InChI=1S/C14H26N2O/c1-2-3-12-10-16(8-7-15-12)13-6-9-17-14(13)11-4-5-11/h11-15H,2-10H2,1H3. The smallest absolute Gasteiger partial charge is 0.0759 e. The van der Waals surface area contributed by atoms with Gasteiger partial charge >= 0.3 is 0 Å². The molecule has 3 fully saturated rings. The Morgan fingerprint density at radius 2 is 2.18 bits per heavy atom. The van der Waals surface area contributed by atoms with E-state index in [2.05, 4.69) is 17.1 Å². The van der Waals surface area contributed by atoms with Gasteiger partial charge in [0.05, 0.1) is 6.10 Å². The van der Waals surface area contributed by atoms with Crippen molar-refractivity contribution in [3.63, 3.8) is 0 Å². The Labute approximate surface area is 105 Å². The Kier molecular flexibility index (Phi) is 3.69. The Bertz CT molecular complexity index is 253. The van der Waals surface area contributed by atoms with Crippen LogP contribution in [-0.2, 0) is 4.74 Å². The molecular weight excluding hydrogens is 212 g/mol. The summed E-state index contributed by atoms with van der Waals surface area (Å²) >= 11 is 0. The number of hydrogen-bond donors (Lipinski definition) is 1. The molecule has 0 radical (unpaired) electrons. The zero-order valence-corrected chi connectivity index (χ0v) is 11.0. The van der Waals surface area contributed by atoms with Crippen LogP contribution in [0.1, 0.15) is 39.0 Å². The van der Waals surface area contributed by atoms with Gasteiger partial charge in [-0.05, 0) is 31.6 Å². The van der Waals surface area contributed by atoms with Gasteiger partial charge in [-0.25, -0.2) is 0 Å². The quantitative estimate of drug-likeness (QED) is 0.805. The lowest BCUT2D eigenvalue weighted by Gasteiger charge is -2.39. The molecule has 0 aromatic carbocycles. The summed E-state index contributed by atoms with van der Waals surface area (Å²) in [6, 6.07) is 1.44. The van der Waals surface area contributed by atoms with Crippen LogP contribution in [0, 0.1) is 5.92 Å². The minimum absolute atomic E-state index is 0.565. The molecule has 17 heavy (non-hydrogen) atoms. The van der Waals surface area contributed by atoms with E-state index in [9.17, 15) is 0 Å². The molecule has 3 atom stereocenters. The van der Waals surface area contributed by atoms with Crippen molar-refractivity contribution in [3.8, 4) is 0 Å². The zero-order valence-electron chi connectivity index (χ0n) is 11.0. The maximum atomic E-state index is 5.98. The molecule has 2 heterocycles. The maximum Gasteiger partial charge on any atom is 0.0759 e. The van der Waals surface area contributed by atoms with Gasteiger partial charge in [0.2, 0.25) is 0 Å². The predicted octanol–water partition coefficient (Wildman–Crippen LogP) is 1.63. The molecule has 2 aliphatic heterocycles. The first kappa shape index (κ1) is 11.9. The second-order valence-electron chi connectivity index (χ2n) is 5.96. The molecular formula is C14H26N2O. The summed E-state index contributed by atoms with van der Waals surface area (Å²) in [6.45, 7) is 6.90. The fourth-order valence-corrected chi connectivity index (χ4v) is 3.56. The van der Waals surface area contributed by atoms with E-state index in [-0.39, 0.29) is 0 Å². The third kappa shape index (κ3) is 2.67. The van der Waals surface area contributed by atoms with Crippen molar-refractivity contribution in [1.82, 2.24) is 10.2 Å². The van der Waals surface area contributed by atoms with Crippen LogP contribution < -0.4 is 5.32 Å². The Hall–Kier alpha value is -0.120. The molecule has 3 unspecified atom stereocenters. The fourth-order valence-electron chi connectivity index (χ4n) is 3.56. The average Bonchev–Trinajstić information content (AvgIpc) is 3.08. The molecule has 0 aromatic rings. The summed E-state index contributed by atoms with van der Waals surface area (Å²) in [4.78, 5) is 2.72. The van der Waals surface area contributed by atoms with Crippen LogP contribution in [0.15, 0.2) is 0 Å². The fraction of sp³-hybridized carbons (Fsp3) is 1.00. The van der Waals surface area contributed by atoms with Gasteiger partial charge in [0, 0.05) is 38.3 Å². The van der Waals surface area contributed by atoms with Crippen molar-refractivity contribution in [2.45, 2.75) is 57.2 Å². The minimum Gasteiger partial charge on any atom is -0.376 e. The van der Waals surface area contributed by atoms with E-state index < -0.39 is 0 Å². The first-order chi connectivity index (χ1) is 8.38. The summed E-state index contributed by atoms with van der Waals surface area (Å²) in [6.07, 6.45) is 7.25. The molecule has 3 heteroatoms. The summed E-state index contributed by atoms with van der Waals surface area (Å²) < 4.78 is 5.98. The van der Waals surface area contributed by atoms with Crippen molar-refractivity contribution >= 4 is 0 Å². The Morgan fingerprint density at radius 1 is 1.29 bits per heavy atom. The van der Waals surface area contributed by atoms with E-state index in [1.54, 1.807) is 0 Å². The largest absolute Gasteiger partial charge is 0.376 e.